The number of rotatable bonds is 1. The number of nitrogens with one attached hydrogen (secondary N) is 2. The Morgan fingerprint density at radius 3 is 2.81 bits per heavy atom. The Balaban J connectivity index is 2.32. The molecule has 0 aromatic heterocycles. The van der Waals surface area contributed by atoms with Crippen molar-refractivity contribution in [3.63, 3.8) is 0 Å². The third kappa shape index (κ3) is 2.38. The van der Waals surface area contributed by atoms with Gasteiger partial charge in [-0.15, -0.1) is 0 Å². The number of amidine groups is 1. The summed E-state index contributed by atoms with van der Waals surface area (Å²) < 4.78 is 0.727. The molecule has 1 fully saturated rings. The number of phenolic OH excluding ortho intramolecular Hbond substituents is 1. The fraction of sp³-hybridized carbons (Fsp3) is 0. The summed E-state index contributed by atoms with van der Waals surface area (Å²) in [6.07, 6.45) is 1.70. The van der Waals surface area contributed by atoms with E-state index in [0.29, 0.717) is 4.91 Å². The Kier molecular flexibility index (Phi) is 3.20. The number of halogens is 1. The number of benzene rings is 1. The van der Waals surface area contributed by atoms with Crippen LogP contribution < -0.4 is 5.32 Å². The lowest BCUT2D eigenvalue weighted by atomic mass is 10.2. The van der Waals surface area contributed by atoms with E-state index >= 15 is 0 Å². The molecule has 1 aliphatic rings. The monoisotopic (exact) mass is 346 g/mol. The van der Waals surface area contributed by atoms with Gasteiger partial charge in [-0.25, -0.2) is 0 Å². The van der Waals surface area contributed by atoms with Crippen molar-refractivity contribution in [1.29, 1.82) is 5.41 Å². The maximum atomic E-state index is 11.3. The molecule has 0 saturated carbocycles. The molecule has 1 aliphatic heterocycles. The Morgan fingerprint density at radius 1 is 1.50 bits per heavy atom. The van der Waals surface area contributed by atoms with E-state index in [0.717, 1.165) is 20.9 Å². The first-order valence-corrected chi connectivity index (χ1v) is 6.24. The molecule has 0 bridgehead atoms. The lowest BCUT2D eigenvalue weighted by Crippen LogP contribution is -2.18. The molecule has 0 unspecified atom stereocenters. The molecule has 2 rings (SSSR count). The summed E-state index contributed by atoms with van der Waals surface area (Å²) in [7, 11) is 0. The zero-order chi connectivity index (χ0) is 11.7. The lowest BCUT2D eigenvalue weighted by molar-refractivity contribution is -0.115. The number of carbonyl (C=O) groups excluding carboxylic acids is 1. The van der Waals surface area contributed by atoms with Crippen LogP contribution >= 0.6 is 34.4 Å². The quantitative estimate of drug-likeness (QED) is 0.539. The van der Waals surface area contributed by atoms with Crippen LogP contribution in [0.1, 0.15) is 5.56 Å². The van der Waals surface area contributed by atoms with Crippen molar-refractivity contribution < 1.29 is 9.90 Å². The highest BCUT2D eigenvalue weighted by molar-refractivity contribution is 14.1. The van der Waals surface area contributed by atoms with E-state index < -0.39 is 0 Å². The van der Waals surface area contributed by atoms with Gasteiger partial charge in [0.25, 0.3) is 5.91 Å². The molecule has 0 atom stereocenters. The third-order valence-corrected chi connectivity index (χ3v) is 3.63. The molecule has 1 saturated heterocycles. The Labute approximate surface area is 110 Å². The van der Waals surface area contributed by atoms with Gasteiger partial charge in [-0.1, -0.05) is 6.07 Å². The molecule has 1 aromatic rings. The zero-order valence-corrected chi connectivity index (χ0v) is 10.9. The minimum absolute atomic E-state index is 0.143. The fourth-order valence-corrected chi connectivity index (χ4v) is 2.45. The van der Waals surface area contributed by atoms with E-state index in [1.165, 1.54) is 0 Å². The molecule has 0 spiro atoms. The molecule has 1 heterocycles. The van der Waals surface area contributed by atoms with Crippen LogP contribution in [-0.4, -0.2) is 16.2 Å². The van der Waals surface area contributed by atoms with Crippen LogP contribution in [0.3, 0.4) is 0 Å². The number of hydrogen-bond acceptors (Lipinski definition) is 4. The molecule has 16 heavy (non-hydrogen) atoms. The maximum Gasteiger partial charge on any atom is 0.264 e. The molecular weight excluding hydrogens is 339 g/mol. The molecule has 1 amide bonds. The van der Waals surface area contributed by atoms with Gasteiger partial charge in [0.2, 0.25) is 0 Å². The van der Waals surface area contributed by atoms with E-state index in [1.807, 2.05) is 22.6 Å². The molecule has 1 aromatic carbocycles. The molecule has 0 aliphatic carbocycles. The van der Waals surface area contributed by atoms with Crippen molar-refractivity contribution in [2.45, 2.75) is 0 Å². The van der Waals surface area contributed by atoms with Crippen molar-refractivity contribution in [1.82, 2.24) is 5.32 Å². The summed E-state index contributed by atoms with van der Waals surface area (Å²) in [5.74, 6) is -0.0305. The van der Waals surface area contributed by atoms with Crippen LogP contribution in [0.25, 0.3) is 6.08 Å². The second kappa shape index (κ2) is 4.46. The van der Waals surface area contributed by atoms with Crippen molar-refractivity contribution in [2.75, 3.05) is 0 Å². The standard InChI is InChI=1S/C10H7IN2O2S/c11-6-3-5(1-2-7(6)14)4-8-9(15)13-10(12)16-8/h1-4,14H,(H2,12,13,15). The van der Waals surface area contributed by atoms with E-state index in [-0.39, 0.29) is 16.8 Å². The van der Waals surface area contributed by atoms with Crippen LogP contribution in [0.15, 0.2) is 23.1 Å². The van der Waals surface area contributed by atoms with Crippen molar-refractivity contribution in [2.24, 2.45) is 0 Å². The minimum Gasteiger partial charge on any atom is -0.507 e. The van der Waals surface area contributed by atoms with Gasteiger partial charge in [0.1, 0.15) is 5.75 Å². The maximum absolute atomic E-state index is 11.3. The Morgan fingerprint density at radius 2 is 2.25 bits per heavy atom. The number of carbonyl (C=O) groups is 1. The summed E-state index contributed by atoms with van der Waals surface area (Å²) in [4.78, 5) is 11.8. The SMILES string of the molecule is N=C1NC(=O)C(=Cc2ccc(O)c(I)c2)S1. The first kappa shape index (κ1) is 11.5. The van der Waals surface area contributed by atoms with E-state index in [1.54, 1.807) is 24.3 Å². The van der Waals surface area contributed by atoms with Gasteiger partial charge in [0.15, 0.2) is 5.17 Å². The van der Waals surface area contributed by atoms with Gasteiger partial charge in [-0.2, -0.15) is 0 Å². The van der Waals surface area contributed by atoms with Crippen LogP contribution in [0.4, 0.5) is 0 Å². The molecule has 4 nitrogen and oxygen atoms in total. The fourth-order valence-electron chi connectivity index (χ4n) is 1.21. The molecular formula is C10H7IN2O2S. The minimum atomic E-state index is -0.252. The number of thioether (sulfide) groups is 1. The largest absolute Gasteiger partial charge is 0.507 e. The topological polar surface area (TPSA) is 73.2 Å². The number of phenols is 1. The molecule has 82 valence electrons. The second-order valence-corrected chi connectivity index (χ2v) is 5.32. The highest BCUT2D eigenvalue weighted by Gasteiger charge is 2.22. The van der Waals surface area contributed by atoms with Gasteiger partial charge >= 0.3 is 0 Å². The second-order valence-electron chi connectivity index (χ2n) is 3.10. The van der Waals surface area contributed by atoms with Crippen LogP contribution in [0.2, 0.25) is 0 Å². The Hall–Kier alpha value is -1.02. The number of amides is 1. The third-order valence-electron chi connectivity index (χ3n) is 1.93. The summed E-state index contributed by atoms with van der Waals surface area (Å²) in [5.41, 5.74) is 0.828. The van der Waals surface area contributed by atoms with Gasteiger partial charge in [-0.3, -0.25) is 10.2 Å². The first-order chi connectivity index (χ1) is 7.56. The Bertz CT molecular complexity index is 514. The normalized spacial score (nSPS) is 17.9. The highest BCUT2D eigenvalue weighted by atomic mass is 127. The summed E-state index contributed by atoms with van der Waals surface area (Å²) in [6.45, 7) is 0. The average Bonchev–Trinajstić information content (AvgIpc) is 2.51. The predicted molar refractivity (Wildman–Crippen MR) is 72.3 cm³/mol. The highest BCUT2D eigenvalue weighted by Crippen LogP contribution is 2.27. The zero-order valence-electron chi connectivity index (χ0n) is 7.95. The average molecular weight is 346 g/mol. The number of hydrogen-bond donors (Lipinski definition) is 3. The summed E-state index contributed by atoms with van der Waals surface area (Å²) in [6, 6.07) is 5.08. The van der Waals surface area contributed by atoms with Crippen LogP contribution in [0.5, 0.6) is 5.75 Å². The first-order valence-electron chi connectivity index (χ1n) is 4.34. The van der Waals surface area contributed by atoms with Crippen molar-refractivity contribution in [3.8, 4) is 5.75 Å². The number of aromatic hydroxyl groups is 1. The van der Waals surface area contributed by atoms with E-state index in [2.05, 4.69) is 5.32 Å². The smallest absolute Gasteiger partial charge is 0.264 e. The predicted octanol–water partition coefficient (Wildman–Crippen LogP) is 2.14. The summed E-state index contributed by atoms with van der Waals surface area (Å²) in [5, 5.41) is 19.2. The van der Waals surface area contributed by atoms with E-state index in [4.69, 9.17) is 5.41 Å². The van der Waals surface area contributed by atoms with Crippen molar-refractivity contribution in [3.05, 3.63) is 32.2 Å². The van der Waals surface area contributed by atoms with Crippen LogP contribution in [0, 0.1) is 8.98 Å². The van der Waals surface area contributed by atoms with Crippen molar-refractivity contribution >= 4 is 51.5 Å². The van der Waals surface area contributed by atoms with Gasteiger partial charge in [-0.05, 0) is 58.1 Å². The molecule has 3 N–H and O–H groups in total. The molecule has 6 heteroatoms. The van der Waals surface area contributed by atoms with Gasteiger partial charge in [0.05, 0.1) is 8.48 Å². The van der Waals surface area contributed by atoms with E-state index in [9.17, 15) is 9.90 Å². The van der Waals surface area contributed by atoms with Crippen LogP contribution in [-0.2, 0) is 4.79 Å². The van der Waals surface area contributed by atoms with Gasteiger partial charge < -0.3 is 10.4 Å². The summed E-state index contributed by atoms with van der Waals surface area (Å²) >= 11 is 3.11. The lowest BCUT2D eigenvalue weighted by Gasteiger charge is -1.99. The van der Waals surface area contributed by atoms with Gasteiger partial charge in [0, 0.05) is 0 Å². The molecule has 0 radical (unpaired) electrons.